The van der Waals surface area contributed by atoms with Crippen molar-refractivity contribution >= 4 is 17.5 Å². The van der Waals surface area contributed by atoms with Gasteiger partial charge in [0.25, 0.3) is 11.8 Å². The van der Waals surface area contributed by atoms with Crippen LogP contribution in [0.1, 0.15) is 34.0 Å². The van der Waals surface area contributed by atoms with Gasteiger partial charge in [0.15, 0.2) is 6.10 Å². The van der Waals surface area contributed by atoms with Crippen LogP contribution in [0, 0.1) is 13.8 Å². The Morgan fingerprint density at radius 2 is 1.71 bits per heavy atom. The molecule has 3 rings (SSSR count). The highest BCUT2D eigenvalue weighted by Gasteiger charge is 2.17. The highest BCUT2D eigenvalue weighted by molar-refractivity contribution is 5.98. The van der Waals surface area contributed by atoms with Crippen LogP contribution in [0.25, 0.3) is 0 Å². The number of benzene rings is 3. The first-order valence-corrected chi connectivity index (χ1v) is 10.3. The normalized spacial score (nSPS) is 11.5. The van der Waals surface area contributed by atoms with E-state index < -0.39 is 6.10 Å². The van der Waals surface area contributed by atoms with E-state index in [0.717, 1.165) is 16.7 Å². The van der Waals surface area contributed by atoms with E-state index >= 15 is 0 Å². The van der Waals surface area contributed by atoms with Crippen LogP contribution in [0.5, 0.6) is 5.75 Å². The van der Waals surface area contributed by atoms with Crippen molar-refractivity contribution in [3.63, 3.8) is 0 Å². The number of carbonyl (C=O) groups excluding carboxylic acids is 2. The number of aryl methyl sites for hydroxylation is 2. The maximum Gasteiger partial charge on any atom is 0.265 e. The lowest BCUT2D eigenvalue weighted by atomic mass is 10.1. The van der Waals surface area contributed by atoms with E-state index in [2.05, 4.69) is 5.32 Å². The zero-order valence-electron chi connectivity index (χ0n) is 18.4. The summed E-state index contributed by atoms with van der Waals surface area (Å²) in [7, 11) is 1.76. The molecule has 160 valence electrons. The first kappa shape index (κ1) is 22.1. The van der Waals surface area contributed by atoms with E-state index in [4.69, 9.17) is 4.74 Å². The van der Waals surface area contributed by atoms with Crippen molar-refractivity contribution in [1.29, 1.82) is 0 Å². The molecule has 3 aromatic carbocycles. The molecule has 3 aromatic rings. The Hall–Kier alpha value is -3.60. The van der Waals surface area contributed by atoms with Gasteiger partial charge in [0, 0.05) is 24.8 Å². The zero-order valence-corrected chi connectivity index (χ0v) is 18.4. The summed E-state index contributed by atoms with van der Waals surface area (Å²) in [6.07, 6.45) is -0.680. The second-order valence-electron chi connectivity index (χ2n) is 7.75. The molecule has 5 nitrogen and oxygen atoms in total. The summed E-state index contributed by atoms with van der Waals surface area (Å²) in [6.45, 7) is 6.14. The maximum atomic E-state index is 12.8. The third-order valence-corrected chi connectivity index (χ3v) is 5.00. The second-order valence-corrected chi connectivity index (χ2v) is 7.75. The number of hydrogen-bond acceptors (Lipinski definition) is 3. The van der Waals surface area contributed by atoms with Crippen molar-refractivity contribution < 1.29 is 14.3 Å². The predicted molar refractivity (Wildman–Crippen MR) is 123 cm³/mol. The number of ether oxygens (including phenoxy) is 1. The van der Waals surface area contributed by atoms with E-state index in [1.54, 1.807) is 43.1 Å². The Morgan fingerprint density at radius 1 is 0.968 bits per heavy atom. The molecule has 0 aliphatic heterocycles. The summed E-state index contributed by atoms with van der Waals surface area (Å²) >= 11 is 0. The van der Waals surface area contributed by atoms with Crippen molar-refractivity contribution in [2.45, 2.75) is 33.4 Å². The minimum absolute atomic E-state index is 0.111. The van der Waals surface area contributed by atoms with Gasteiger partial charge < -0.3 is 15.0 Å². The fraction of sp³-hybridized carbons (Fsp3) is 0.231. The maximum absolute atomic E-state index is 12.8. The molecule has 31 heavy (non-hydrogen) atoms. The van der Waals surface area contributed by atoms with Crippen LogP contribution >= 0.6 is 0 Å². The van der Waals surface area contributed by atoms with Crippen LogP contribution < -0.4 is 10.1 Å². The van der Waals surface area contributed by atoms with Crippen LogP contribution in [0.2, 0.25) is 0 Å². The van der Waals surface area contributed by atoms with Gasteiger partial charge in [-0.2, -0.15) is 0 Å². The molecular weight excluding hydrogens is 388 g/mol. The number of nitrogens with one attached hydrogen (secondary N) is 1. The predicted octanol–water partition coefficient (Wildman–Crippen LogP) is 4.98. The summed E-state index contributed by atoms with van der Waals surface area (Å²) in [4.78, 5) is 27.1. The van der Waals surface area contributed by atoms with E-state index in [-0.39, 0.29) is 11.8 Å². The Labute approximate surface area is 183 Å². The molecule has 2 amide bonds. The molecule has 0 saturated carbocycles. The summed E-state index contributed by atoms with van der Waals surface area (Å²) in [5.41, 5.74) is 4.17. The van der Waals surface area contributed by atoms with Crippen LogP contribution in [-0.2, 0) is 11.3 Å². The fourth-order valence-corrected chi connectivity index (χ4v) is 3.20. The van der Waals surface area contributed by atoms with Gasteiger partial charge in [-0.05, 0) is 61.7 Å². The SMILES string of the molecule is Cc1ccc(C)c(OC(C)C(=O)Nc2cccc(C(=O)N(C)Cc3ccccc3)c2)c1. The van der Waals surface area contributed by atoms with Gasteiger partial charge in [0.05, 0.1) is 0 Å². The minimum Gasteiger partial charge on any atom is -0.481 e. The smallest absolute Gasteiger partial charge is 0.265 e. The molecule has 1 unspecified atom stereocenters. The third-order valence-electron chi connectivity index (χ3n) is 5.00. The topological polar surface area (TPSA) is 58.6 Å². The molecular formula is C26H28N2O3. The van der Waals surface area contributed by atoms with Gasteiger partial charge in [-0.1, -0.05) is 48.5 Å². The molecule has 0 saturated heterocycles. The largest absolute Gasteiger partial charge is 0.481 e. The molecule has 1 N–H and O–H groups in total. The minimum atomic E-state index is -0.680. The quantitative estimate of drug-likeness (QED) is 0.591. The van der Waals surface area contributed by atoms with Gasteiger partial charge in [-0.3, -0.25) is 9.59 Å². The van der Waals surface area contributed by atoms with Crippen molar-refractivity contribution in [3.05, 3.63) is 95.1 Å². The molecule has 0 aliphatic rings. The Morgan fingerprint density at radius 3 is 2.45 bits per heavy atom. The van der Waals surface area contributed by atoms with Crippen LogP contribution in [0.3, 0.4) is 0 Å². The molecule has 1 atom stereocenters. The monoisotopic (exact) mass is 416 g/mol. The lowest BCUT2D eigenvalue weighted by molar-refractivity contribution is -0.122. The Kier molecular flexibility index (Phi) is 7.08. The van der Waals surface area contributed by atoms with Crippen molar-refractivity contribution in [1.82, 2.24) is 4.90 Å². The fourth-order valence-electron chi connectivity index (χ4n) is 3.20. The average Bonchev–Trinajstić information content (AvgIpc) is 2.76. The lowest BCUT2D eigenvalue weighted by Gasteiger charge is -2.19. The van der Waals surface area contributed by atoms with Crippen molar-refractivity contribution in [2.75, 3.05) is 12.4 Å². The molecule has 0 bridgehead atoms. The zero-order chi connectivity index (χ0) is 22.4. The summed E-state index contributed by atoms with van der Waals surface area (Å²) in [5.74, 6) is 0.303. The Bertz CT molecular complexity index is 1060. The van der Waals surface area contributed by atoms with Gasteiger partial charge in [0.1, 0.15) is 5.75 Å². The highest BCUT2D eigenvalue weighted by atomic mass is 16.5. The standard InChI is InChI=1S/C26H28N2O3/c1-18-13-14-19(2)24(15-18)31-20(3)25(29)27-23-12-8-11-22(16-23)26(30)28(4)17-21-9-6-5-7-10-21/h5-16,20H,17H2,1-4H3,(H,27,29). The number of amides is 2. The lowest BCUT2D eigenvalue weighted by Crippen LogP contribution is -2.30. The number of hydrogen-bond donors (Lipinski definition) is 1. The molecule has 0 aliphatic carbocycles. The van der Waals surface area contributed by atoms with E-state index in [9.17, 15) is 9.59 Å². The first-order chi connectivity index (χ1) is 14.8. The number of anilines is 1. The molecule has 0 spiro atoms. The molecule has 0 heterocycles. The number of carbonyl (C=O) groups is 2. The van der Waals surface area contributed by atoms with Gasteiger partial charge in [0.2, 0.25) is 0 Å². The van der Waals surface area contributed by atoms with Crippen molar-refractivity contribution in [2.24, 2.45) is 0 Å². The average molecular weight is 417 g/mol. The summed E-state index contributed by atoms with van der Waals surface area (Å²) < 4.78 is 5.86. The Balaban J connectivity index is 1.64. The van der Waals surface area contributed by atoms with Gasteiger partial charge >= 0.3 is 0 Å². The second kappa shape index (κ2) is 9.94. The first-order valence-electron chi connectivity index (χ1n) is 10.3. The van der Waals surface area contributed by atoms with Crippen LogP contribution in [0.15, 0.2) is 72.8 Å². The molecule has 5 heteroatoms. The molecule has 0 fully saturated rings. The summed E-state index contributed by atoms with van der Waals surface area (Å²) in [6, 6.07) is 22.7. The highest BCUT2D eigenvalue weighted by Crippen LogP contribution is 2.21. The molecule has 0 radical (unpaired) electrons. The van der Waals surface area contributed by atoms with Crippen LogP contribution in [-0.4, -0.2) is 29.9 Å². The third kappa shape index (κ3) is 5.95. The van der Waals surface area contributed by atoms with Crippen LogP contribution in [0.4, 0.5) is 5.69 Å². The van der Waals surface area contributed by atoms with Crippen molar-refractivity contribution in [3.8, 4) is 5.75 Å². The van der Waals surface area contributed by atoms with E-state index in [1.807, 2.05) is 62.4 Å². The number of nitrogens with zero attached hydrogens (tertiary/aromatic N) is 1. The van der Waals surface area contributed by atoms with E-state index in [1.165, 1.54) is 0 Å². The van der Waals surface area contributed by atoms with Gasteiger partial charge in [-0.15, -0.1) is 0 Å². The number of rotatable bonds is 7. The summed E-state index contributed by atoms with van der Waals surface area (Å²) in [5, 5.41) is 2.85. The molecule has 0 aromatic heterocycles. The van der Waals surface area contributed by atoms with E-state index in [0.29, 0.717) is 23.5 Å². The van der Waals surface area contributed by atoms with Gasteiger partial charge in [-0.25, -0.2) is 0 Å².